The Morgan fingerprint density at radius 3 is 1.59 bits per heavy atom. The molecule has 29 heavy (non-hydrogen) atoms. The molecule has 0 unspecified atom stereocenters. The van der Waals surface area contributed by atoms with E-state index >= 15 is 0 Å². The number of allylic oxidation sites excluding steroid dienone is 2. The number of pyridine rings is 2. The molecule has 1 saturated carbocycles. The largest absolute Gasteiger partial charge is 0.253 e. The summed E-state index contributed by atoms with van der Waals surface area (Å²) in [5, 5.41) is 4.41. The third-order valence-corrected chi connectivity index (χ3v) is 8.50. The number of rotatable bonds is 3. The molecule has 1 aliphatic carbocycles. The van der Waals surface area contributed by atoms with Crippen LogP contribution in [0.5, 0.6) is 0 Å². The van der Waals surface area contributed by atoms with Crippen LogP contribution in [-0.4, -0.2) is 9.97 Å². The van der Waals surface area contributed by atoms with Crippen molar-refractivity contribution in [1.82, 2.24) is 9.97 Å². The van der Waals surface area contributed by atoms with Gasteiger partial charge in [-0.3, -0.25) is 9.97 Å². The number of hydrogen-bond acceptors (Lipinski definition) is 2. The molecular formula is C24H22AuClN2P+. The van der Waals surface area contributed by atoms with Crippen LogP contribution in [0.2, 0.25) is 0 Å². The molecule has 2 nitrogen and oxygen atoms in total. The fourth-order valence-corrected chi connectivity index (χ4v) is 7.68. The molecule has 1 aromatic carbocycles. The number of hydrogen-bond donors (Lipinski definition) is 0. The molecule has 0 amide bonds. The Bertz CT molecular complexity index is 955. The van der Waals surface area contributed by atoms with Crippen molar-refractivity contribution in [1.29, 1.82) is 0 Å². The summed E-state index contributed by atoms with van der Waals surface area (Å²) in [6.45, 7) is 0. The second-order valence-corrected chi connectivity index (χ2v) is 9.41. The molecule has 0 N–H and O–H groups in total. The summed E-state index contributed by atoms with van der Waals surface area (Å²) < 4.78 is 0. The first kappa shape index (κ1) is 20.7. The van der Waals surface area contributed by atoms with Crippen molar-refractivity contribution in [3.05, 3.63) is 102 Å². The van der Waals surface area contributed by atoms with Crippen LogP contribution in [-0.2, 0) is 20.0 Å². The molecule has 150 valence electrons. The molecule has 0 saturated heterocycles. The van der Waals surface area contributed by atoms with Gasteiger partial charge in [-0.05, 0) is 62.1 Å². The first-order valence-electron chi connectivity index (χ1n) is 9.77. The van der Waals surface area contributed by atoms with Crippen molar-refractivity contribution in [3.8, 4) is 0 Å². The van der Waals surface area contributed by atoms with E-state index in [2.05, 4.69) is 63.8 Å². The van der Waals surface area contributed by atoms with Gasteiger partial charge in [0.1, 0.15) is 35.2 Å². The van der Waals surface area contributed by atoms with Crippen molar-refractivity contribution >= 4 is 33.0 Å². The number of halogens is 1. The van der Waals surface area contributed by atoms with Gasteiger partial charge in [0.2, 0.25) is 0 Å². The minimum atomic E-state index is -1.12. The molecule has 1 aliphatic heterocycles. The standard InChI is InChI=1S/C24H21N2P.Au.ClH/c1-2-10-18(11-3-1)27-23(21-14-6-8-16-25-21)19-12-4-5-13-20(19)24(27)22-15-7-9-17-26-22;;/h1-3,6-11,14-17H,4-5,12-13H2;;1H/q;+1;. The maximum atomic E-state index is 4.78. The Morgan fingerprint density at radius 2 is 1.14 bits per heavy atom. The third kappa shape index (κ3) is 4.19. The van der Waals surface area contributed by atoms with E-state index in [1.807, 2.05) is 24.5 Å². The zero-order valence-electron chi connectivity index (χ0n) is 15.9. The van der Waals surface area contributed by atoms with E-state index in [9.17, 15) is 0 Å². The van der Waals surface area contributed by atoms with Crippen LogP contribution in [0.15, 0.2) is 90.3 Å². The average Bonchev–Trinajstić information content (AvgIpc) is 3.17. The predicted molar refractivity (Wildman–Crippen MR) is 121 cm³/mol. The topological polar surface area (TPSA) is 25.8 Å². The summed E-state index contributed by atoms with van der Waals surface area (Å²) in [7, 11) is 3.47. The maximum absolute atomic E-state index is 4.78. The van der Waals surface area contributed by atoms with Gasteiger partial charge < -0.3 is 0 Å². The molecule has 1 fully saturated rings. The first-order valence-corrected chi connectivity index (χ1v) is 14.0. The van der Waals surface area contributed by atoms with Crippen LogP contribution < -0.4 is 5.30 Å². The number of fused-ring (bicyclic) bond motifs is 1. The number of nitrogens with zero attached hydrogens (tertiary/aromatic N) is 2. The van der Waals surface area contributed by atoms with Crippen LogP contribution in [0.1, 0.15) is 37.1 Å². The third-order valence-electron chi connectivity index (χ3n) is 5.48. The Kier molecular flexibility index (Phi) is 7.13. The molecule has 3 aromatic rings. The van der Waals surface area contributed by atoms with E-state index in [4.69, 9.17) is 9.97 Å². The molecule has 5 rings (SSSR count). The normalized spacial score (nSPS) is 16.4. The van der Waals surface area contributed by atoms with Gasteiger partial charge in [0.05, 0.1) is 0 Å². The van der Waals surface area contributed by atoms with Crippen LogP contribution in [0.3, 0.4) is 0 Å². The predicted octanol–water partition coefficient (Wildman–Crippen LogP) is 6.41. The zero-order valence-corrected chi connectivity index (χ0v) is 19.8. The fraction of sp³-hybridized carbons (Fsp3) is 0.167. The van der Waals surface area contributed by atoms with Crippen LogP contribution >= 0.6 is 17.1 Å². The molecule has 0 bridgehead atoms. The quantitative estimate of drug-likeness (QED) is 0.256. The summed E-state index contributed by atoms with van der Waals surface area (Å²) in [5.41, 5.74) is 5.41. The van der Waals surface area contributed by atoms with E-state index < -0.39 is 7.92 Å². The Hall–Kier alpha value is -1.54. The average molecular weight is 602 g/mol. The number of aromatic nitrogens is 2. The van der Waals surface area contributed by atoms with Gasteiger partial charge >= 0.3 is 29.2 Å². The van der Waals surface area contributed by atoms with Crippen LogP contribution in [0, 0.1) is 0 Å². The van der Waals surface area contributed by atoms with E-state index in [1.54, 1.807) is 31.1 Å². The second-order valence-electron chi connectivity index (χ2n) is 7.09. The zero-order chi connectivity index (χ0) is 20.1. The Balaban J connectivity index is 0.000000994. The minimum Gasteiger partial charge on any atom is -0.253 e. The van der Waals surface area contributed by atoms with Gasteiger partial charge in [0.15, 0.2) is 0 Å². The molecule has 2 aromatic heterocycles. The molecular weight excluding hydrogens is 580 g/mol. The van der Waals surface area contributed by atoms with Crippen molar-refractivity contribution in [2.45, 2.75) is 25.7 Å². The SMILES string of the molecule is [Cl][Au].c1ccc([PH+]2C(c3ccccn3)=C3CCCCC3=C2c2ccccn2)cc1. The minimum absolute atomic E-state index is 1.12. The van der Waals surface area contributed by atoms with E-state index in [0.29, 0.717) is 0 Å². The first-order chi connectivity index (χ1) is 14.4. The smallest absolute Gasteiger partial charge is 0.131 e. The van der Waals surface area contributed by atoms with E-state index in [-0.39, 0.29) is 0 Å². The molecule has 0 atom stereocenters. The van der Waals surface area contributed by atoms with E-state index in [1.165, 1.54) is 41.6 Å². The molecule has 5 heteroatoms. The van der Waals surface area contributed by atoms with Gasteiger partial charge in [0.25, 0.3) is 0 Å². The van der Waals surface area contributed by atoms with Gasteiger partial charge in [0, 0.05) is 23.5 Å². The second kappa shape index (κ2) is 9.98. The Morgan fingerprint density at radius 1 is 0.655 bits per heavy atom. The van der Waals surface area contributed by atoms with E-state index in [0.717, 1.165) is 11.4 Å². The summed E-state index contributed by atoms with van der Waals surface area (Å²) in [5.74, 6) is 0. The van der Waals surface area contributed by atoms with Gasteiger partial charge in [-0.1, -0.05) is 30.3 Å². The Labute approximate surface area is 189 Å². The van der Waals surface area contributed by atoms with Crippen molar-refractivity contribution < 1.29 is 20.0 Å². The molecule has 0 spiro atoms. The van der Waals surface area contributed by atoms with Crippen LogP contribution in [0.4, 0.5) is 0 Å². The van der Waals surface area contributed by atoms with Crippen molar-refractivity contribution in [2.75, 3.05) is 0 Å². The van der Waals surface area contributed by atoms with Crippen molar-refractivity contribution in [3.63, 3.8) is 0 Å². The molecule has 0 radical (unpaired) electrons. The fourth-order valence-electron chi connectivity index (χ4n) is 4.36. The van der Waals surface area contributed by atoms with Crippen molar-refractivity contribution in [2.24, 2.45) is 0 Å². The molecule has 3 heterocycles. The van der Waals surface area contributed by atoms with Gasteiger partial charge in [-0.25, -0.2) is 0 Å². The van der Waals surface area contributed by atoms with Gasteiger partial charge in [-0.2, -0.15) is 0 Å². The summed E-state index contributed by atoms with van der Waals surface area (Å²) in [4.78, 5) is 9.55. The summed E-state index contributed by atoms with van der Waals surface area (Å²) in [6, 6.07) is 23.6. The molecule has 2 aliphatic rings. The monoisotopic (exact) mass is 601 g/mol. The summed E-state index contributed by atoms with van der Waals surface area (Å²) in [6.07, 6.45) is 8.73. The summed E-state index contributed by atoms with van der Waals surface area (Å²) >= 11 is 1.75. The maximum Gasteiger partial charge on any atom is 0.131 e. The van der Waals surface area contributed by atoms with Gasteiger partial charge in [-0.15, -0.1) is 0 Å². The van der Waals surface area contributed by atoms with Crippen LogP contribution in [0.25, 0.3) is 10.6 Å². The number of benzene rings is 1.